The minimum atomic E-state index is -0.260. The van der Waals surface area contributed by atoms with E-state index >= 15 is 0 Å². The van der Waals surface area contributed by atoms with E-state index in [2.05, 4.69) is 39.4 Å². The monoisotopic (exact) mass is 375 g/mol. The Morgan fingerprint density at radius 3 is 2.96 bits per heavy atom. The molecule has 25 heavy (non-hydrogen) atoms. The highest BCUT2D eigenvalue weighted by molar-refractivity contribution is 8.13. The molecule has 2 atom stereocenters. The van der Waals surface area contributed by atoms with Gasteiger partial charge < -0.3 is 11.1 Å². The third kappa shape index (κ3) is 4.24. The molecule has 1 aromatic rings. The number of hydrogen-bond donors (Lipinski definition) is 2. The summed E-state index contributed by atoms with van der Waals surface area (Å²) in [5.74, 6) is 0.917. The van der Waals surface area contributed by atoms with E-state index in [1.165, 1.54) is 18.0 Å². The van der Waals surface area contributed by atoms with Crippen LogP contribution in [0.3, 0.4) is 0 Å². The molecule has 0 saturated carbocycles. The topological polar surface area (TPSA) is 93.3 Å². The molecule has 3 N–H and O–H groups in total. The lowest BCUT2D eigenvalue weighted by Crippen LogP contribution is -2.38. The molecule has 8 heteroatoms. The van der Waals surface area contributed by atoms with Crippen molar-refractivity contribution in [3.8, 4) is 0 Å². The first-order valence-electron chi connectivity index (χ1n) is 8.04. The van der Waals surface area contributed by atoms with Crippen LogP contribution < -0.4 is 11.1 Å². The summed E-state index contributed by atoms with van der Waals surface area (Å²) in [4.78, 5) is 25.4. The first-order valence-corrected chi connectivity index (χ1v) is 10.2. The van der Waals surface area contributed by atoms with Gasteiger partial charge in [0.1, 0.15) is 10.7 Å². The number of aromatic nitrogens is 2. The fourth-order valence-electron chi connectivity index (χ4n) is 2.90. The number of amidine groups is 1. The number of nitrogens with two attached hydrogens (primary N) is 1. The molecule has 0 spiro atoms. The van der Waals surface area contributed by atoms with Gasteiger partial charge >= 0.3 is 0 Å². The van der Waals surface area contributed by atoms with Crippen LogP contribution in [0.5, 0.6) is 0 Å². The van der Waals surface area contributed by atoms with Crippen LogP contribution in [-0.2, 0) is 0 Å². The summed E-state index contributed by atoms with van der Waals surface area (Å²) in [6, 6.07) is 0. The summed E-state index contributed by atoms with van der Waals surface area (Å²) in [6.07, 6.45) is 12.9. The molecule has 3 rings (SSSR count). The van der Waals surface area contributed by atoms with E-state index in [0.29, 0.717) is 10.9 Å². The standard InChI is InChI=1S/C17H21N5OS2/c1-17(6-7-25-16(18)22-17)11-4-3-5-12(8-11)21-15(23)13-9-20-14(24-2)10-19-13/h3,5,8-11H,4,6-7H2,1-2H3,(H2,18,22)(H,21,23)/t11?,17-/m0/s1. The van der Waals surface area contributed by atoms with Crippen LogP contribution in [0, 0.1) is 5.92 Å². The van der Waals surface area contributed by atoms with Gasteiger partial charge in [-0.3, -0.25) is 9.79 Å². The minimum absolute atomic E-state index is 0.206. The van der Waals surface area contributed by atoms with Gasteiger partial charge in [-0.15, -0.1) is 11.8 Å². The molecule has 6 nitrogen and oxygen atoms in total. The van der Waals surface area contributed by atoms with Crippen molar-refractivity contribution in [3.63, 3.8) is 0 Å². The average molecular weight is 376 g/mol. The van der Waals surface area contributed by atoms with Crippen molar-refractivity contribution in [1.82, 2.24) is 15.3 Å². The number of allylic oxidation sites excluding steroid dienone is 2. The average Bonchev–Trinajstić information content (AvgIpc) is 2.62. The van der Waals surface area contributed by atoms with Crippen molar-refractivity contribution < 1.29 is 4.79 Å². The van der Waals surface area contributed by atoms with Gasteiger partial charge in [-0.25, -0.2) is 9.97 Å². The van der Waals surface area contributed by atoms with E-state index < -0.39 is 0 Å². The van der Waals surface area contributed by atoms with Crippen molar-refractivity contribution in [2.45, 2.75) is 30.3 Å². The van der Waals surface area contributed by atoms with Crippen LogP contribution in [0.2, 0.25) is 0 Å². The van der Waals surface area contributed by atoms with Crippen LogP contribution in [0.4, 0.5) is 0 Å². The van der Waals surface area contributed by atoms with E-state index in [-0.39, 0.29) is 17.4 Å². The maximum atomic E-state index is 12.4. The third-order valence-corrected chi connectivity index (χ3v) is 5.84. The van der Waals surface area contributed by atoms with Gasteiger partial charge in [0.05, 0.1) is 17.9 Å². The van der Waals surface area contributed by atoms with E-state index in [4.69, 9.17) is 5.73 Å². The first kappa shape index (κ1) is 18.0. The second kappa shape index (κ2) is 7.61. The van der Waals surface area contributed by atoms with Crippen molar-refractivity contribution in [2.24, 2.45) is 16.6 Å². The Bertz CT molecular complexity index is 744. The Balaban J connectivity index is 1.73. The number of hydrogen-bond acceptors (Lipinski definition) is 7. The van der Waals surface area contributed by atoms with E-state index in [1.54, 1.807) is 18.0 Å². The molecule has 0 fully saturated rings. The number of carbonyl (C=O) groups excluding carboxylic acids is 1. The molecule has 2 heterocycles. The largest absolute Gasteiger partial charge is 0.379 e. The number of aliphatic imine (C=N–C) groups is 1. The number of carbonyl (C=O) groups is 1. The molecule has 1 aliphatic carbocycles. The first-order chi connectivity index (χ1) is 12.0. The molecular weight excluding hydrogens is 354 g/mol. The molecule has 1 amide bonds. The molecule has 0 bridgehead atoms. The Kier molecular flexibility index (Phi) is 5.48. The number of nitrogens with zero attached hydrogens (tertiary/aromatic N) is 3. The quantitative estimate of drug-likeness (QED) is 0.786. The fourth-order valence-corrected chi connectivity index (χ4v) is 4.22. The van der Waals surface area contributed by atoms with Gasteiger partial charge in [0.15, 0.2) is 5.17 Å². The smallest absolute Gasteiger partial charge is 0.275 e. The third-order valence-electron chi connectivity index (χ3n) is 4.42. The summed E-state index contributed by atoms with van der Waals surface area (Å²) in [5, 5.41) is 4.34. The number of thioether (sulfide) groups is 2. The van der Waals surface area contributed by atoms with Gasteiger partial charge in [0.2, 0.25) is 0 Å². The van der Waals surface area contributed by atoms with Crippen molar-refractivity contribution >= 4 is 34.6 Å². The second-order valence-corrected chi connectivity index (χ2v) is 8.11. The van der Waals surface area contributed by atoms with Crippen LogP contribution >= 0.6 is 23.5 Å². The molecule has 1 aromatic heterocycles. The van der Waals surface area contributed by atoms with E-state index in [1.807, 2.05) is 12.3 Å². The zero-order chi connectivity index (χ0) is 17.9. The summed E-state index contributed by atoms with van der Waals surface area (Å²) in [6.45, 7) is 2.13. The summed E-state index contributed by atoms with van der Waals surface area (Å²) in [5.41, 5.74) is 6.76. The Hall–Kier alpha value is -1.80. The number of rotatable bonds is 4. The molecule has 0 aromatic carbocycles. The lowest BCUT2D eigenvalue weighted by molar-refractivity contribution is 0.0961. The van der Waals surface area contributed by atoms with Gasteiger partial charge in [-0.05, 0) is 32.1 Å². The SMILES string of the molecule is CSc1cnc(C(=O)NC2=CC([C@]3(C)CCSC(N)=N3)CC=C2)cn1. The molecule has 2 aliphatic rings. The summed E-state index contributed by atoms with van der Waals surface area (Å²) in [7, 11) is 0. The van der Waals surface area contributed by atoms with Gasteiger partial charge in [0, 0.05) is 17.4 Å². The minimum Gasteiger partial charge on any atom is -0.379 e. The lowest BCUT2D eigenvalue weighted by Gasteiger charge is -2.36. The maximum absolute atomic E-state index is 12.4. The highest BCUT2D eigenvalue weighted by Gasteiger charge is 2.35. The maximum Gasteiger partial charge on any atom is 0.275 e. The van der Waals surface area contributed by atoms with Crippen LogP contribution in [0.15, 0.2) is 46.3 Å². The Morgan fingerprint density at radius 1 is 1.44 bits per heavy atom. The molecule has 132 valence electrons. The van der Waals surface area contributed by atoms with Crippen LogP contribution in [0.25, 0.3) is 0 Å². The molecule has 0 saturated heterocycles. The van der Waals surface area contributed by atoms with Crippen molar-refractivity contribution in [2.75, 3.05) is 12.0 Å². The van der Waals surface area contributed by atoms with Gasteiger partial charge in [-0.1, -0.05) is 23.9 Å². The molecule has 1 aliphatic heterocycles. The number of nitrogens with one attached hydrogen (secondary N) is 1. The Labute approximate surface area is 155 Å². The molecule has 0 radical (unpaired) electrons. The highest BCUT2D eigenvalue weighted by atomic mass is 32.2. The van der Waals surface area contributed by atoms with E-state index in [0.717, 1.165) is 29.3 Å². The summed E-state index contributed by atoms with van der Waals surface area (Å²) < 4.78 is 0. The Morgan fingerprint density at radius 2 is 2.28 bits per heavy atom. The highest BCUT2D eigenvalue weighted by Crippen LogP contribution is 2.37. The van der Waals surface area contributed by atoms with E-state index in [9.17, 15) is 4.79 Å². The molecule has 1 unspecified atom stereocenters. The summed E-state index contributed by atoms with van der Waals surface area (Å²) >= 11 is 3.09. The van der Waals surface area contributed by atoms with Crippen LogP contribution in [0.1, 0.15) is 30.3 Å². The molecular formula is C17H21N5OS2. The number of amides is 1. The predicted octanol–water partition coefficient (Wildman–Crippen LogP) is 2.60. The van der Waals surface area contributed by atoms with Crippen molar-refractivity contribution in [3.05, 3.63) is 42.0 Å². The lowest BCUT2D eigenvalue weighted by atomic mass is 9.79. The van der Waals surface area contributed by atoms with Gasteiger partial charge in [0.25, 0.3) is 5.91 Å². The normalized spacial score (nSPS) is 25.9. The fraction of sp³-hybridized carbons (Fsp3) is 0.412. The zero-order valence-corrected chi connectivity index (χ0v) is 15.9. The predicted molar refractivity (Wildman–Crippen MR) is 104 cm³/mol. The van der Waals surface area contributed by atoms with Gasteiger partial charge in [-0.2, -0.15) is 0 Å². The van der Waals surface area contributed by atoms with Crippen LogP contribution in [-0.4, -0.2) is 38.6 Å². The second-order valence-electron chi connectivity index (χ2n) is 6.17. The zero-order valence-electron chi connectivity index (χ0n) is 14.2. The van der Waals surface area contributed by atoms with Crippen molar-refractivity contribution in [1.29, 1.82) is 0 Å².